The summed E-state index contributed by atoms with van der Waals surface area (Å²) in [6.45, 7) is 0.773. The maximum Gasteiger partial charge on any atom is 0.265 e. The zero-order valence-electron chi connectivity index (χ0n) is 20.1. The lowest BCUT2D eigenvalue weighted by Crippen LogP contribution is -2.34. The van der Waals surface area contributed by atoms with Gasteiger partial charge in [0.2, 0.25) is 0 Å². The number of hydrogen-bond acceptors (Lipinski definition) is 3. The summed E-state index contributed by atoms with van der Waals surface area (Å²) in [4.78, 5) is 29.7. The Hall–Kier alpha value is -4.16. The van der Waals surface area contributed by atoms with Crippen molar-refractivity contribution >= 4 is 35.3 Å². The van der Waals surface area contributed by atoms with Crippen molar-refractivity contribution in [2.75, 3.05) is 11.4 Å². The van der Waals surface area contributed by atoms with Crippen LogP contribution in [0, 0.1) is 5.82 Å². The van der Waals surface area contributed by atoms with E-state index in [1.165, 1.54) is 23.9 Å². The number of fused-ring (bicyclic) bond motifs is 1. The molecule has 4 aromatic rings. The average molecular weight is 509 g/mol. The third-order valence-corrected chi connectivity index (χ3v) is 7.16. The van der Waals surface area contributed by atoms with Gasteiger partial charge in [-0.1, -0.05) is 84.6 Å². The summed E-state index contributed by atoms with van der Waals surface area (Å²) in [6, 6.07) is 31.2. The van der Waals surface area contributed by atoms with E-state index in [-0.39, 0.29) is 24.2 Å². The number of rotatable bonds is 7. The number of carbonyl (C=O) groups excluding carboxylic acids is 2. The molecule has 0 atom stereocenters. The van der Waals surface area contributed by atoms with Gasteiger partial charge in [0.25, 0.3) is 11.8 Å². The van der Waals surface area contributed by atoms with Crippen LogP contribution in [0.1, 0.15) is 27.0 Å². The van der Waals surface area contributed by atoms with Gasteiger partial charge >= 0.3 is 0 Å². The molecule has 4 nitrogen and oxygen atoms in total. The molecule has 1 N–H and O–H groups in total. The molecule has 0 saturated heterocycles. The summed E-state index contributed by atoms with van der Waals surface area (Å²) in [6.07, 6.45) is 2.61. The van der Waals surface area contributed by atoms with E-state index in [0.717, 1.165) is 28.0 Å². The van der Waals surface area contributed by atoms with Crippen LogP contribution in [0.4, 0.5) is 10.1 Å². The molecule has 4 aromatic carbocycles. The lowest BCUT2D eigenvalue weighted by molar-refractivity contribution is -0.114. The van der Waals surface area contributed by atoms with Gasteiger partial charge in [-0.25, -0.2) is 4.39 Å². The maximum atomic E-state index is 13.6. The zero-order chi connectivity index (χ0) is 25.6. The first kappa shape index (κ1) is 24.5. The van der Waals surface area contributed by atoms with E-state index >= 15 is 0 Å². The van der Waals surface area contributed by atoms with Crippen LogP contribution in [0.5, 0.6) is 0 Å². The molecule has 0 aliphatic carbocycles. The number of nitrogens with zero attached hydrogens (tertiary/aromatic N) is 1. The Morgan fingerprint density at radius 1 is 0.865 bits per heavy atom. The lowest BCUT2D eigenvalue weighted by atomic mass is 10.1. The number of amides is 2. The molecule has 0 aromatic heterocycles. The highest BCUT2D eigenvalue weighted by molar-refractivity contribution is 8.04. The molecule has 0 unspecified atom stereocenters. The minimum Gasteiger partial charge on any atom is -0.352 e. The highest BCUT2D eigenvalue weighted by Gasteiger charge is 2.30. The normalized spacial score (nSPS) is 13.9. The third kappa shape index (κ3) is 5.98. The van der Waals surface area contributed by atoms with Gasteiger partial charge in [-0.2, -0.15) is 0 Å². The molecule has 0 radical (unpaired) electrons. The molecular weight excluding hydrogens is 483 g/mol. The SMILES string of the molecule is O=C(NCCc1ccccc1)c1ccc2c(c1)N(Cc1ccc(F)cc1)C(=O)/C(=C/c1ccccc1)S2. The van der Waals surface area contributed by atoms with Crippen LogP contribution in [-0.2, 0) is 17.8 Å². The van der Waals surface area contributed by atoms with E-state index in [1.807, 2.05) is 72.8 Å². The predicted octanol–water partition coefficient (Wildman–Crippen LogP) is 6.48. The molecule has 0 fully saturated rings. The summed E-state index contributed by atoms with van der Waals surface area (Å²) in [5, 5.41) is 2.98. The Morgan fingerprint density at radius 2 is 1.57 bits per heavy atom. The molecule has 2 amide bonds. The zero-order valence-corrected chi connectivity index (χ0v) is 20.9. The fourth-order valence-electron chi connectivity index (χ4n) is 4.15. The molecule has 5 rings (SSSR count). The van der Waals surface area contributed by atoms with Gasteiger partial charge < -0.3 is 10.2 Å². The van der Waals surface area contributed by atoms with Crippen molar-refractivity contribution in [2.45, 2.75) is 17.9 Å². The summed E-state index contributed by atoms with van der Waals surface area (Å²) >= 11 is 1.39. The maximum absolute atomic E-state index is 13.6. The summed E-state index contributed by atoms with van der Waals surface area (Å²) < 4.78 is 13.5. The van der Waals surface area contributed by atoms with Gasteiger partial charge in [-0.3, -0.25) is 9.59 Å². The lowest BCUT2D eigenvalue weighted by Gasteiger charge is -2.31. The molecular formula is C31H25FN2O2S. The minimum absolute atomic E-state index is 0.160. The second-order valence-electron chi connectivity index (χ2n) is 8.71. The van der Waals surface area contributed by atoms with E-state index in [9.17, 15) is 14.0 Å². The van der Waals surface area contributed by atoms with E-state index in [4.69, 9.17) is 0 Å². The van der Waals surface area contributed by atoms with Gasteiger partial charge in [0.1, 0.15) is 5.82 Å². The number of anilines is 1. The van der Waals surface area contributed by atoms with Crippen LogP contribution in [-0.4, -0.2) is 18.4 Å². The topological polar surface area (TPSA) is 49.4 Å². The Labute approximate surface area is 219 Å². The number of thioether (sulfide) groups is 1. The number of nitrogens with one attached hydrogen (secondary N) is 1. The molecule has 0 saturated carbocycles. The van der Waals surface area contributed by atoms with Gasteiger partial charge in [0, 0.05) is 17.0 Å². The second kappa shape index (κ2) is 11.3. The Bertz CT molecular complexity index is 1440. The Kier molecular flexibility index (Phi) is 7.47. The molecule has 6 heteroatoms. The van der Waals surface area contributed by atoms with Crippen LogP contribution in [0.2, 0.25) is 0 Å². The van der Waals surface area contributed by atoms with E-state index in [0.29, 0.717) is 22.7 Å². The smallest absolute Gasteiger partial charge is 0.265 e. The standard InChI is InChI=1S/C31H25FN2O2S/c32-26-14-11-24(12-15-26)21-34-27-20-25(30(35)33-18-17-22-7-3-1-4-8-22)13-16-28(27)37-29(31(34)36)19-23-9-5-2-6-10-23/h1-16,19-20H,17-18,21H2,(H,33,35)/b29-19-. The van der Waals surface area contributed by atoms with Gasteiger partial charge in [-0.15, -0.1) is 0 Å². The highest BCUT2D eigenvalue weighted by atomic mass is 32.2. The molecule has 1 aliphatic rings. The molecule has 0 bridgehead atoms. The van der Waals surface area contributed by atoms with Gasteiger partial charge in [-0.05, 0) is 59.5 Å². The van der Waals surface area contributed by atoms with Gasteiger partial charge in [0.15, 0.2) is 0 Å². The van der Waals surface area contributed by atoms with Crippen LogP contribution in [0.25, 0.3) is 6.08 Å². The largest absolute Gasteiger partial charge is 0.352 e. The van der Waals surface area contributed by atoms with Crippen LogP contribution < -0.4 is 10.2 Å². The first-order chi connectivity index (χ1) is 18.1. The van der Waals surface area contributed by atoms with Crippen molar-refractivity contribution in [2.24, 2.45) is 0 Å². The van der Waals surface area contributed by atoms with E-state index < -0.39 is 0 Å². The fourth-order valence-corrected chi connectivity index (χ4v) is 5.19. The molecule has 184 valence electrons. The van der Waals surface area contributed by atoms with Crippen molar-refractivity contribution in [3.63, 3.8) is 0 Å². The minimum atomic E-state index is -0.330. The summed E-state index contributed by atoms with van der Waals surface area (Å²) in [5.74, 6) is -0.681. The monoisotopic (exact) mass is 508 g/mol. The number of hydrogen-bond donors (Lipinski definition) is 1. The van der Waals surface area contributed by atoms with E-state index in [1.54, 1.807) is 29.2 Å². The first-order valence-corrected chi connectivity index (χ1v) is 12.9. The summed E-state index contributed by atoms with van der Waals surface area (Å²) in [5.41, 5.74) is 4.03. The Balaban J connectivity index is 1.42. The Morgan fingerprint density at radius 3 is 2.30 bits per heavy atom. The van der Waals surface area contributed by atoms with Crippen molar-refractivity contribution in [1.82, 2.24) is 5.32 Å². The third-order valence-electron chi connectivity index (χ3n) is 6.08. The number of benzene rings is 4. The molecule has 1 aliphatic heterocycles. The quantitative estimate of drug-likeness (QED) is 0.291. The van der Waals surface area contributed by atoms with Gasteiger partial charge in [0.05, 0.1) is 17.1 Å². The second-order valence-corrected chi connectivity index (χ2v) is 9.80. The van der Waals surface area contributed by atoms with Crippen LogP contribution in [0.3, 0.4) is 0 Å². The van der Waals surface area contributed by atoms with Crippen molar-refractivity contribution in [1.29, 1.82) is 0 Å². The van der Waals surface area contributed by atoms with Crippen LogP contribution >= 0.6 is 11.8 Å². The number of carbonyl (C=O) groups is 2. The van der Waals surface area contributed by atoms with E-state index in [2.05, 4.69) is 5.32 Å². The highest BCUT2D eigenvalue weighted by Crippen LogP contribution is 2.43. The average Bonchev–Trinajstić information content (AvgIpc) is 2.93. The first-order valence-electron chi connectivity index (χ1n) is 12.0. The number of halogens is 1. The fraction of sp³-hybridized carbons (Fsp3) is 0.0968. The van der Waals surface area contributed by atoms with Crippen molar-refractivity contribution < 1.29 is 14.0 Å². The predicted molar refractivity (Wildman–Crippen MR) is 147 cm³/mol. The summed E-state index contributed by atoms with van der Waals surface area (Å²) in [7, 11) is 0. The van der Waals surface area contributed by atoms with Crippen LogP contribution in [0.15, 0.2) is 113 Å². The van der Waals surface area contributed by atoms with Crippen molar-refractivity contribution in [3.8, 4) is 0 Å². The molecule has 1 heterocycles. The van der Waals surface area contributed by atoms with Crippen molar-refractivity contribution in [3.05, 3.63) is 136 Å². The molecule has 37 heavy (non-hydrogen) atoms. The molecule has 0 spiro atoms.